The largest absolute Gasteiger partial charge is 0.465 e. The van der Waals surface area contributed by atoms with Crippen LogP contribution in [0.15, 0.2) is 0 Å². The van der Waals surface area contributed by atoms with E-state index in [0.29, 0.717) is 5.91 Å². The molecule has 1 aliphatic heterocycles. The van der Waals surface area contributed by atoms with Gasteiger partial charge in [0.1, 0.15) is 0 Å². The van der Waals surface area contributed by atoms with Crippen molar-refractivity contribution in [3.8, 4) is 0 Å². The van der Waals surface area contributed by atoms with E-state index in [2.05, 4.69) is 5.32 Å². The predicted octanol–water partition coefficient (Wildman–Crippen LogP) is 1.83. The molecule has 0 bridgehead atoms. The molecule has 0 radical (unpaired) electrons. The third-order valence-corrected chi connectivity index (χ3v) is 4.07. The third-order valence-electron chi connectivity index (χ3n) is 4.07. The van der Waals surface area contributed by atoms with Crippen LogP contribution in [0.4, 0.5) is 4.79 Å². The van der Waals surface area contributed by atoms with E-state index in [-0.39, 0.29) is 12.0 Å². The minimum atomic E-state index is -0.958. The number of nitrogens with zero attached hydrogens (tertiary/aromatic N) is 1. The summed E-state index contributed by atoms with van der Waals surface area (Å²) >= 11 is 0. The quantitative estimate of drug-likeness (QED) is 0.789. The van der Waals surface area contributed by atoms with Crippen molar-refractivity contribution in [1.82, 2.24) is 10.2 Å². The Morgan fingerprint density at radius 1 is 1.00 bits per heavy atom. The normalized spacial score (nSPS) is 28.8. The Bertz CT molecular complexity index is 305. The molecule has 1 aliphatic carbocycles. The molecule has 0 atom stereocenters. The van der Waals surface area contributed by atoms with Crippen molar-refractivity contribution in [3.05, 3.63) is 0 Å². The van der Waals surface area contributed by atoms with Gasteiger partial charge in [-0.2, -0.15) is 0 Å². The average Bonchev–Trinajstić information content (AvgIpc) is 2.39. The zero-order valence-corrected chi connectivity index (χ0v) is 10.7. The van der Waals surface area contributed by atoms with E-state index in [4.69, 9.17) is 5.11 Å². The number of rotatable bonds is 2. The molecule has 2 aliphatic rings. The van der Waals surface area contributed by atoms with E-state index >= 15 is 0 Å². The smallest absolute Gasteiger partial charge is 0.404 e. The van der Waals surface area contributed by atoms with Crippen molar-refractivity contribution in [1.29, 1.82) is 0 Å². The summed E-state index contributed by atoms with van der Waals surface area (Å²) in [6, 6.07) is 0.0351. The Balaban J connectivity index is 1.78. The first kappa shape index (κ1) is 13.2. The van der Waals surface area contributed by atoms with Crippen molar-refractivity contribution < 1.29 is 14.7 Å². The van der Waals surface area contributed by atoms with Crippen molar-refractivity contribution >= 4 is 12.0 Å². The maximum atomic E-state index is 12.3. The molecule has 0 aromatic heterocycles. The number of carboxylic acid groups (broad SMARTS) is 1. The molecule has 1 saturated carbocycles. The Kier molecular flexibility index (Phi) is 4.44. The summed E-state index contributed by atoms with van der Waals surface area (Å²) in [5.74, 6) is 0.415. The maximum absolute atomic E-state index is 12.3. The third kappa shape index (κ3) is 3.37. The molecule has 2 amide bonds. The van der Waals surface area contributed by atoms with Crippen LogP contribution in [0.3, 0.4) is 0 Å². The highest BCUT2D eigenvalue weighted by molar-refractivity contribution is 5.79. The van der Waals surface area contributed by atoms with Gasteiger partial charge < -0.3 is 15.3 Å². The number of hydrogen-bond acceptors (Lipinski definition) is 2. The molecular formula is C13H22N2O3. The lowest BCUT2D eigenvalue weighted by molar-refractivity contribution is -0.137. The fraction of sp³-hybridized carbons (Fsp3) is 0.846. The highest BCUT2D eigenvalue weighted by atomic mass is 16.4. The van der Waals surface area contributed by atoms with Gasteiger partial charge in [-0.05, 0) is 44.9 Å². The van der Waals surface area contributed by atoms with Crippen molar-refractivity contribution in [2.45, 2.75) is 51.0 Å². The van der Waals surface area contributed by atoms with Gasteiger partial charge in [-0.25, -0.2) is 4.79 Å². The van der Waals surface area contributed by atoms with Crippen molar-refractivity contribution in [2.24, 2.45) is 5.92 Å². The van der Waals surface area contributed by atoms with Gasteiger partial charge in [0.2, 0.25) is 5.91 Å². The number of amides is 2. The molecule has 5 heteroatoms. The van der Waals surface area contributed by atoms with Gasteiger partial charge in [0.15, 0.2) is 0 Å². The summed E-state index contributed by atoms with van der Waals surface area (Å²) in [5.41, 5.74) is 0. The van der Waals surface area contributed by atoms with Gasteiger partial charge in [-0.15, -0.1) is 0 Å². The molecule has 2 fully saturated rings. The zero-order valence-electron chi connectivity index (χ0n) is 10.7. The topological polar surface area (TPSA) is 69.6 Å². The number of hydrogen-bond donors (Lipinski definition) is 2. The second kappa shape index (κ2) is 6.07. The van der Waals surface area contributed by atoms with Crippen LogP contribution in [0.5, 0.6) is 0 Å². The Labute approximate surface area is 108 Å². The highest BCUT2D eigenvalue weighted by Gasteiger charge is 2.30. The van der Waals surface area contributed by atoms with Crippen LogP contribution in [0.2, 0.25) is 0 Å². The van der Waals surface area contributed by atoms with Gasteiger partial charge in [-0.3, -0.25) is 4.79 Å². The summed E-state index contributed by atoms with van der Waals surface area (Å²) in [6.45, 7) is 1.82. The number of likely N-dealkylation sites (tertiary alicyclic amines) is 1. The van der Waals surface area contributed by atoms with E-state index in [1.54, 1.807) is 0 Å². The number of carbonyl (C=O) groups excluding carboxylic acids is 1. The van der Waals surface area contributed by atoms with Crippen LogP contribution in [0.25, 0.3) is 0 Å². The van der Waals surface area contributed by atoms with Gasteiger partial charge in [0.25, 0.3) is 0 Å². The van der Waals surface area contributed by atoms with E-state index in [0.717, 1.165) is 51.6 Å². The van der Waals surface area contributed by atoms with Crippen LogP contribution < -0.4 is 5.32 Å². The first-order valence-electron chi connectivity index (χ1n) is 6.95. The number of piperidine rings is 1. The molecule has 102 valence electrons. The fourth-order valence-corrected chi connectivity index (χ4v) is 3.03. The molecule has 2 rings (SSSR count). The molecule has 0 aromatic rings. The van der Waals surface area contributed by atoms with E-state index in [1.165, 1.54) is 6.42 Å². The summed E-state index contributed by atoms with van der Waals surface area (Å²) < 4.78 is 0. The van der Waals surface area contributed by atoms with Gasteiger partial charge >= 0.3 is 6.09 Å². The SMILES string of the molecule is O=C(O)N[C@H]1CC[C@H](C(=O)N2CCCCC2)CC1. The second-order valence-corrected chi connectivity index (χ2v) is 5.38. The molecule has 1 saturated heterocycles. The monoisotopic (exact) mass is 254 g/mol. The van der Waals surface area contributed by atoms with Crippen LogP contribution in [0.1, 0.15) is 44.9 Å². The molecule has 0 spiro atoms. The molecular weight excluding hydrogens is 232 g/mol. The minimum absolute atomic E-state index is 0.0351. The van der Waals surface area contributed by atoms with E-state index in [9.17, 15) is 9.59 Å². The Morgan fingerprint density at radius 2 is 1.61 bits per heavy atom. The second-order valence-electron chi connectivity index (χ2n) is 5.38. The highest BCUT2D eigenvalue weighted by Crippen LogP contribution is 2.27. The maximum Gasteiger partial charge on any atom is 0.404 e. The Morgan fingerprint density at radius 3 is 2.17 bits per heavy atom. The summed E-state index contributed by atoms with van der Waals surface area (Å²) in [6.07, 6.45) is 5.75. The molecule has 1 heterocycles. The first-order chi connectivity index (χ1) is 8.66. The fourth-order valence-electron chi connectivity index (χ4n) is 3.03. The predicted molar refractivity (Wildman–Crippen MR) is 67.3 cm³/mol. The van der Waals surface area contributed by atoms with E-state index < -0.39 is 6.09 Å². The molecule has 0 aromatic carbocycles. The van der Waals surface area contributed by atoms with Crippen molar-refractivity contribution in [2.75, 3.05) is 13.1 Å². The van der Waals surface area contributed by atoms with Gasteiger partial charge in [-0.1, -0.05) is 0 Å². The van der Waals surface area contributed by atoms with Crippen LogP contribution >= 0.6 is 0 Å². The van der Waals surface area contributed by atoms with E-state index in [1.807, 2.05) is 4.90 Å². The lowest BCUT2D eigenvalue weighted by Gasteiger charge is -2.33. The lowest BCUT2D eigenvalue weighted by Crippen LogP contribution is -2.43. The number of carbonyl (C=O) groups is 2. The minimum Gasteiger partial charge on any atom is -0.465 e. The summed E-state index contributed by atoms with van der Waals surface area (Å²) in [4.78, 5) is 24.8. The zero-order chi connectivity index (χ0) is 13.0. The summed E-state index contributed by atoms with van der Waals surface area (Å²) in [7, 11) is 0. The van der Waals surface area contributed by atoms with Crippen LogP contribution in [-0.4, -0.2) is 41.1 Å². The average molecular weight is 254 g/mol. The summed E-state index contributed by atoms with van der Waals surface area (Å²) in [5, 5.41) is 11.2. The molecule has 2 N–H and O–H groups in total. The lowest BCUT2D eigenvalue weighted by atomic mass is 9.85. The van der Waals surface area contributed by atoms with Crippen LogP contribution in [-0.2, 0) is 4.79 Å². The first-order valence-corrected chi connectivity index (χ1v) is 6.95. The molecule has 5 nitrogen and oxygen atoms in total. The molecule has 0 unspecified atom stereocenters. The van der Waals surface area contributed by atoms with Gasteiger partial charge in [0, 0.05) is 25.0 Å². The van der Waals surface area contributed by atoms with Crippen LogP contribution in [0, 0.1) is 5.92 Å². The standard InChI is InChI=1S/C13H22N2O3/c16-12(15-8-2-1-3-9-15)10-4-6-11(7-5-10)14-13(17)18/h10-11,14H,1-9H2,(H,17,18)/t10-,11-. The van der Waals surface area contributed by atoms with Crippen molar-refractivity contribution in [3.63, 3.8) is 0 Å². The Hall–Kier alpha value is -1.26. The number of nitrogens with one attached hydrogen (secondary N) is 1. The van der Waals surface area contributed by atoms with Gasteiger partial charge in [0.05, 0.1) is 0 Å². The molecule has 18 heavy (non-hydrogen) atoms.